The second-order valence-electron chi connectivity index (χ2n) is 13.1. The van der Waals surface area contributed by atoms with Gasteiger partial charge < -0.3 is 24.4 Å². The molecule has 0 aliphatic carbocycles. The van der Waals surface area contributed by atoms with E-state index in [1.54, 1.807) is 20.5 Å². The zero-order chi connectivity index (χ0) is 33.7. The van der Waals surface area contributed by atoms with Gasteiger partial charge in [-0.3, -0.25) is 9.59 Å². The number of sulfone groups is 1. The summed E-state index contributed by atoms with van der Waals surface area (Å²) in [5.74, 6) is 1.10. The van der Waals surface area contributed by atoms with Crippen LogP contribution in [-0.4, -0.2) is 87.9 Å². The van der Waals surface area contributed by atoms with Crippen molar-refractivity contribution in [2.24, 2.45) is 0 Å². The standard InChI is InChI=1S/C35H38N8O5S/c1-49(46,47)19-18-39-15-11-26(12-16-39)40-17-10-24-20-25(6-8-29(24)40)37-35-36-22-28-33(38-35)43-27-7-9-31-30(21-27)41(32(44)23-48-31)13-4-2-3-5-14-42(43)34(28)45/h3,5-10,17,20-22,26H,2,4,11-16,18-19,23H2,1H3,(H,36,37,38). The van der Waals surface area contributed by atoms with E-state index in [1.165, 1.54) is 6.26 Å². The number of allylic oxidation sites excluding steroid dienone is 2. The zero-order valence-corrected chi connectivity index (χ0v) is 28.1. The molecule has 1 saturated heterocycles. The van der Waals surface area contributed by atoms with E-state index in [0.29, 0.717) is 59.8 Å². The molecule has 49 heavy (non-hydrogen) atoms. The number of amides is 1. The van der Waals surface area contributed by atoms with Gasteiger partial charge in [0.15, 0.2) is 12.3 Å². The van der Waals surface area contributed by atoms with Gasteiger partial charge >= 0.3 is 0 Å². The summed E-state index contributed by atoms with van der Waals surface area (Å²) in [5, 5.41) is 4.82. The molecule has 3 aromatic heterocycles. The van der Waals surface area contributed by atoms with E-state index in [0.717, 1.165) is 55.4 Å². The molecular weight excluding hydrogens is 645 g/mol. The van der Waals surface area contributed by atoms with Gasteiger partial charge in [-0.1, -0.05) is 12.2 Å². The third-order valence-electron chi connectivity index (χ3n) is 9.71. The number of likely N-dealkylation sites (tertiary alicyclic amines) is 1. The van der Waals surface area contributed by atoms with Gasteiger partial charge in [-0.25, -0.2) is 22.8 Å². The highest BCUT2D eigenvalue weighted by Gasteiger charge is 2.27. The highest BCUT2D eigenvalue weighted by molar-refractivity contribution is 7.90. The second-order valence-corrected chi connectivity index (χ2v) is 15.3. The van der Waals surface area contributed by atoms with Crippen LogP contribution in [0.25, 0.3) is 27.6 Å². The van der Waals surface area contributed by atoms with Crippen LogP contribution in [0, 0.1) is 0 Å². The maximum Gasteiger partial charge on any atom is 0.278 e. The molecule has 254 valence electrons. The van der Waals surface area contributed by atoms with E-state index in [-0.39, 0.29) is 23.8 Å². The lowest BCUT2D eigenvalue weighted by Gasteiger charge is -2.33. The molecule has 2 aromatic carbocycles. The molecule has 1 amide bonds. The lowest BCUT2D eigenvalue weighted by molar-refractivity contribution is -0.121. The topological polar surface area (TPSA) is 137 Å². The minimum Gasteiger partial charge on any atom is -0.482 e. The van der Waals surface area contributed by atoms with Crippen LogP contribution in [0.4, 0.5) is 17.3 Å². The fourth-order valence-corrected chi connectivity index (χ4v) is 7.74. The Morgan fingerprint density at radius 2 is 1.88 bits per heavy atom. The predicted molar refractivity (Wildman–Crippen MR) is 189 cm³/mol. The zero-order valence-electron chi connectivity index (χ0n) is 27.3. The molecule has 3 aliphatic rings. The Kier molecular flexibility index (Phi) is 7.99. The van der Waals surface area contributed by atoms with Gasteiger partial charge in [-0.15, -0.1) is 0 Å². The molecular formula is C35H38N8O5S. The van der Waals surface area contributed by atoms with E-state index < -0.39 is 9.84 Å². The lowest BCUT2D eigenvalue weighted by Crippen LogP contribution is -2.39. The number of carbonyl (C=O) groups excluding carboxylic acids is 1. The van der Waals surface area contributed by atoms with Crippen LogP contribution >= 0.6 is 0 Å². The lowest BCUT2D eigenvalue weighted by atomic mass is 10.0. The number of rotatable bonds is 6. The second kappa shape index (κ2) is 12.5. The SMILES string of the molecule is CS(=O)(=O)CCN1CCC(n2ccc3cc(Nc4ncc5c(=O)n6n(c5n4)-c4ccc5c(c4)N(CCCC=CC6)C(=O)CO5)ccc32)CC1. The number of nitrogens with one attached hydrogen (secondary N) is 1. The summed E-state index contributed by atoms with van der Waals surface area (Å²) in [5.41, 5.74) is 3.58. The number of hydrogen-bond acceptors (Lipinski definition) is 9. The molecule has 0 unspecified atom stereocenters. The fraction of sp³-hybridized carbons (Fsp3) is 0.371. The van der Waals surface area contributed by atoms with Crippen molar-refractivity contribution < 1.29 is 17.9 Å². The van der Waals surface area contributed by atoms with Crippen LogP contribution in [-0.2, 0) is 21.2 Å². The molecule has 3 aliphatic heterocycles. The maximum atomic E-state index is 13.7. The Morgan fingerprint density at radius 3 is 2.71 bits per heavy atom. The summed E-state index contributed by atoms with van der Waals surface area (Å²) in [4.78, 5) is 39.8. The number of carbonyl (C=O) groups is 1. The van der Waals surface area contributed by atoms with E-state index >= 15 is 0 Å². The summed E-state index contributed by atoms with van der Waals surface area (Å²) < 4.78 is 34.7. The van der Waals surface area contributed by atoms with Crippen LogP contribution in [0.2, 0.25) is 0 Å². The molecule has 1 fully saturated rings. The van der Waals surface area contributed by atoms with Crippen molar-refractivity contribution in [3.05, 3.63) is 77.4 Å². The van der Waals surface area contributed by atoms with E-state index in [1.807, 2.05) is 36.4 Å². The summed E-state index contributed by atoms with van der Waals surface area (Å²) in [6.07, 6.45) is 12.5. The van der Waals surface area contributed by atoms with Crippen LogP contribution in [0.1, 0.15) is 31.7 Å². The molecule has 0 radical (unpaired) electrons. The number of benzene rings is 2. The van der Waals surface area contributed by atoms with E-state index in [9.17, 15) is 18.0 Å². The third kappa shape index (κ3) is 6.10. The Balaban J connectivity index is 1.08. The van der Waals surface area contributed by atoms with Crippen molar-refractivity contribution in [3.8, 4) is 11.4 Å². The fourth-order valence-electron chi connectivity index (χ4n) is 7.15. The van der Waals surface area contributed by atoms with Gasteiger partial charge in [0.25, 0.3) is 11.5 Å². The third-order valence-corrected chi connectivity index (χ3v) is 10.6. The summed E-state index contributed by atoms with van der Waals surface area (Å²) in [6, 6.07) is 14.2. The summed E-state index contributed by atoms with van der Waals surface area (Å²) >= 11 is 0. The number of aromatic nitrogens is 5. The molecule has 0 atom stereocenters. The van der Waals surface area contributed by atoms with Gasteiger partial charge in [0.1, 0.15) is 21.0 Å². The monoisotopic (exact) mass is 682 g/mol. The van der Waals surface area contributed by atoms with Crippen molar-refractivity contribution >= 4 is 55.0 Å². The molecule has 8 rings (SSSR count). The van der Waals surface area contributed by atoms with Crippen LogP contribution < -0.4 is 20.5 Å². The molecule has 5 aromatic rings. The number of ether oxygens (including phenoxy) is 1. The van der Waals surface area contributed by atoms with Gasteiger partial charge in [0, 0.05) is 67.5 Å². The summed E-state index contributed by atoms with van der Waals surface area (Å²) in [7, 11) is -2.97. The minimum atomic E-state index is -2.97. The van der Waals surface area contributed by atoms with E-state index in [2.05, 4.69) is 44.2 Å². The van der Waals surface area contributed by atoms with Gasteiger partial charge in [0.05, 0.1) is 23.7 Å². The number of nitrogens with zero attached hydrogens (tertiary/aromatic N) is 7. The highest BCUT2D eigenvalue weighted by Crippen LogP contribution is 2.35. The van der Waals surface area contributed by atoms with Gasteiger partial charge in [-0.2, -0.15) is 4.98 Å². The normalized spacial score (nSPS) is 17.5. The average Bonchev–Trinajstić information content (AvgIpc) is 3.63. The van der Waals surface area contributed by atoms with Crippen molar-refractivity contribution in [3.63, 3.8) is 0 Å². The maximum absolute atomic E-state index is 13.7. The van der Waals surface area contributed by atoms with Crippen LogP contribution in [0.5, 0.6) is 5.75 Å². The first-order chi connectivity index (χ1) is 23.7. The first-order valence-electron chi connectivity index (χ1n) is 16.7. The van der Waals surface area contributed by atoms with Crippen LogP contribution in [0.3, 0.4) is 0 Å². The molecule has 14 heteroatoms. The Bertz CT molecular complexity index is 2280. The van der Waals surface area contributed by atoms with Crippen molar-refractivity contribution in [2.45, 2.75) is 38.3 Å². The number of hydrogen-bond donors (Lipinski definition) is 1. The Morgan fingerprint density at radius 1 is 1.02 bits per heavy atom. The van der Waals surface area contributed by atoms with Crippen LogP contribution in [0.15, 0.2) is 71.8 Å². The molecule has 2 bridgehead atoms. The number of piperidine rings is 1. The number of fused-ring (bicyclic) bond motifs is 6. The first-order valence-corrected chi connectivity index (χ1v) is 18.8. The van der Waals surface area contributed by atoms with Gasteiger partial charge in [-0.05, 0) is 68.1 Å². The van der Waals surface area contributed by atoms with E-state index in [4.69, 9.17) is 9.72 Å². The Hall–Kier alpha value is -4.95. The molecule has 1 N–H and O–H groups in total. The summed E-state index contributed by atoms with van der Waals surface area (Å²) in [6.45, 7) is 3.28. The van der Waals surface area contributed by atoms with Gasteiger partial charge in [0.2, 0.25) is 5.95 Å². The average molecular weight is 683 g/mol. The van der Waals surface area contributed by atoms with Crippen molar-refractivity contribution in [2.75, 3.05) is 55.0 Å². The molecule has 6 heterocycles. The molecule has 13 nitrogen and oxygen atoms in total. The predicted octanol–water partition coefficient (Wildman–Crippen LogP) is 4.04. The smallest absolute Gasteiger partial charge is 0.278 e. The largest absolute Gasteiger partial charge is 0.482 e. The first kappa shape index (κ1) is 31.3. The quantitative estimate of drug-likeness (QED) is 0.263. The minimum absolute atomic E-state index is 0.00637. The highest BCUT2D eigenvalue weighted by atomic mass is 32.2. The number of anilines is 3. The molecule has 0 spiro atoms. The van der Waals surface area contributed by atoms with Crippen molar-refractivity contribution in [1.82, 2.24) is 28.8 Å². The Labute approximate surface area is 283 Å². The van der Waals surface area contributed by atoms with Crippen molar-refractivity contribution in [1.29, 1.82) is 0 Å². The molecule has 0 saturated carbocycles.